The standard InChI is InChI=1S/C15H31NO2/c1-13(2)12-18-9-5-8-16-11-15(17)10-14-6-3-4-7-14/h13-17H,3-12H2,1-2H3. The van der Waals surface area contributed by atoms with Crippen molar-refractivity contribution >= 4 is 0 Å². The van der Waals surface area contributed by atoms with E-state index in [2.05, 4.69) is 19.2 Å². The van der Waals surface area contributed by atoms with Crippen molar-refractivity contribution in [1.29, 1.82) is 0 Å². The summed E-state index contributed by atoms with van der Waals surface area (Å²) in [5, 5.41) is 13.2. The Morgan fingerprint density at radius 3 is 2.67 bits per heavy atom. The summed E-state index contributed by atoms with van der Waals surface area (Å²) in [4.78, 5) is 0. The van der Waals surface area contributed by atoms with Gasteiger partial charge in [-0.2, -0.15) is 0 Å². The van der Waals surface area contributed by atoms with E-state index in [1.807, 2.05) is 0 Å². The van der Waals surface area contributed by atoms with Gasteiger partial charge in [0.2, 0.25) is 0 Å². The molecular formula is C15H31NO2. The molecule has 1 atom stereocenters. The van der Waals surface area contributed by atoms with Crippen molar-refractivity contribution in [1.82, 2.24) is 5.32 Å². The minimum absolute atomic E-state index is 0.162. The largest absolute Gasteiger partial charge is 0.392 e. The van der Waals surface area contributed by atoms with Gasteiger partial charge in [-0.25, -0.2) is 0 Å². The van der Waals surface area contributed by atoms with Crippen molar-refractivity contribution in [2.75, 3.05) is 26.3 Å². The van der Waals surface area contributed by atoms with Crippen molar-refractivity contribution in [3.63, 3.8) is 0 Å². The van der Waals surface area contributed by atoms with Crippen LogP contribution in [0.2, 0.25) is 0 Å². The summed E-state index contributed by atoms with van der Waals surface area (Å²) in [6.45, 7) is 7.68. The molecule has 1 aliphatic rings. The minimum Gasteiger partial charge on any atom is -0.392 e. The topological polar surface area (TPSA) is 41.5 Å². The van der Waals surface area contributed by atoms with Crippen LogP contribution in [-0.4, -0.2) is 37.5 Å². The van der Waals surface area contributed by atoms with Gasteiger partial charge in [-0.1, -0.05) is 39.5 Å². The molecule has 1 unspecified atom stereocenters. The Bertz CT molecular complexity index is 191. The van der Waals surface area contributed by atoms with E-state index in [0.29, 0.717) is 5.92 Å². The SMILES string of the molecule is CC(C)COCCCNCC(O)CC1CCCC1. The Hall–Kier alpha value is -0.120. The lowest BCUT2D eigenvalue weighted by Crippen LogP contribution is -2.29. The zero-order valence-electron chi connectivity index (χ0n) is 12.2. The van der Waals surface area contributed by atoms with Gasteiger partial charge in [-0.3, -0.25) is 0 Å². The van der Waals surface area contributed by atoms with Crippen LogP contribution in [0, 0.1) is 11.8 Å². The molecule has 0 amide bonds. The van der Waals surface area contributed by atoms with Crippen molar-refractivity contribution in [3.8, 4) is 0 Å². The molecule has 0 radical (unpaired) electrons. The first-order chi connectivity index (χ1) is 8.68. The van der Waals surface area contributed by atoms with E-state index in [1.54, 1.807) is 0 Å². The van der Waals surface area contributed by atoms with Gasteiger partial charge in [-0.05, 0) is 31.2 Å². The van der Waals surface area contributed by atoms with Crippen LogP contribution in [0.15, 0.2) is 0 Å². The maximum Gasteiger partial charge on any atom is 0.0667 e. The number of aliphatic hydroxyl groups is 1. The van der Waals surface area contributed by atoms with Crippen LogP contribution >= 0.6 is 0 Å². The van der Waals surface area contributed by atoms with Gasteiger partial charge in [0.15, 0.2) is 0 Å². The number of hydrogen-bond donors (Lipinski definition) is 2. The summed E-state index contributed by atoms with van der Waals surface area (Å²) in [6.07, 6.45) is 7.21. The molecule has 108 valence electrons. The first-order valence-electron chi connectivity index (χ1n) is 7.65. The highest BCUT2D eigenvalue weighted by atomic mass is 16.5. The first kappa shape index (κ1) is 15.9. The molecule has 0 aromatic heterocycles. The van der Waals surface area contributed by atoms with Crippen molar-refractivity contribution in [3.05, 3.63) is 0 Å². The van der Waals surface area contributed by atoms with E-state index in [-0.39, 0.29) is 6.10 Å². The van der Waals surface area contributed by atoms with Gasteiger partial charge in [0.25, 0.3) is 0 Å². The van der Waals surface area contributed by atoms with Crippen molar-refractivity contribution < 1.29 is 9.84 Å². The highest BCUT2D eigenvalue weighted by Gasteiger charge is 2.18. The third-order valence-corrected chi connectivity index (χ3v) is 3.55. The third kappa shape index (κ3) is 8.06. The lowest BCUT2D eigenvalue weighted by Gasteiger charge is -2.16. The van der Waals surface area contributed by atoms with Crippen molar-refractivity contribution in [2.24, 2.45) is 11.8 Å². The maximum absolute atomic E-state index is 9.89. The second-order valence-electron chi connectivity index (χ2n) is 6.07. The van der Waals surface area contributed by atoms with Crippen LogP contribution < -0.4 is 5.32 Å². The Balaban J connectivity index is 1.84. The Morgan fingerprint density at radius 1 is 1.28 bits per heavy atom. The first-order valence-corrected chi connectivity index (χ1v) is 7.65. The van der Waals surface area contributed by atoms with E-state index in [9.17, 15) is 5.11 Å². The smallest absolute Gasteiger partial charge is 0.0667 e. The van der Waals surface area contributed by atoms with E-state index >= 15 is 0 Å². The van der Waals surface area contributed by atoms with Crippen LogP contribution in [0.5, 0.6) is 0 Å². The molecule has 0 bridgehead atoms. The van der Waals surface area contributed by atoms with Gasteiger partial charge < -0.3 is 15.2 Å². The average molecular weight is 257 g/mol. The van der Waals surface area contributed by atoms with E-state index < -0.39 is 0 Å². The minimum atomic E-state index is -0.162. The second-order valence-corrected chi connectivity index (χ2v) is 6.07. The van der Waals surface area contributed by atoms with Crippen LogP contribution in [0.4, 0.5) is 0 Å². The lowest BCUT2D eigenvalue weighted by atomic mass is 10.0. The second kappa shape index (κ2) is 9.76. The lowest BCUT2D eigenvalue weighted by molar-refractivity contribution is 0.105. The molecule has 0 spiro atoms. The fourth-order valence-electron chi connectivity index (χ4n) is 2.60. The van der Waals surface area contributed by atoms with E-state index in [1.165, 1.54) is 25.7 Å². The van der Waals surface area contributed by atoms with Crippen LogP contribution in [-0.2, 0) is 4.74 Å². The third-order valence-electron chi connectivity index (χ3n) is 3.55. The van der Waals surface area contributed by atoms with Crippen LogP contribution in [0.3, 0.4) is 0 Å². The number of hydrogen-bond acceptors (Lipinski definition) is 3. The summed E-state index contributed by atoms with van der Waals surface area (Å²) in [6, 6.07) is 0. The maximum atomic E-state index is 9.89. The molecular weight excluding hydrogens is 226 g/mol. The zero-order valence-corrected chi connectivity index (χ0v) is 12.2. The fourth-order valence-corrected chi connectivity index (χ4v) is 2.60. The van der Waals surface area contributed by atoms with Gasteiger partial charge in [0.05, 0.1) is 6.10 Å². The van der Waals surface area contributed by atoms with Gasteiger partial charge >= 0.3 is 0 Å². The molecule has 1 saturated carbocycles. The number of nitrogens with one attached hydrogen (secondary N) is 1. The molecule has 0 aromatic carbocycles. The molecule has 0 aromatic rings. The molecule has 1 rings (SSSR count). The number of ether oxygens (including phenoxy) is 1. The normalized spacial score (nSPS) is 18.7. The average Bonchev–Trinajstić information content (AvgIpc) is 2.80. The molecule has 0 aliphatic heterocycles. The highest BCUT2D eigenvalue weighted by Crippen LogP contribution is 2.28. The molecule has 1 aliphatic carbocycles. The van der Waals surface area contributed by atoms with Crippen molar-refractivity contribution in [2.45, 2.75) is 58.5 Å². The number of aliphatic hydroxyl groups excluding tert-OH is 1. The van der Waals surface area contributed by atoms with Crippen LogP contribution in [0.25, 0.3) is 0 Å². The molecule has 18 heavy (non-hydrogen) atoms. The molecule has 2 N–H and O–H groups in total. The van der Waals surface area contributed by atoms with E-state index in [0.717, 1.165) is 45.1 Å². The predicted molar refractivity (Wildman–Crippen MR) is 75.7 cm³/mol. The monoisotopic (exact) mass is 257 g/mol. The highest BCUT2D eigenvalue weighted by molar-refractivity contribution is 4.72. The Morgan fingerprint density at radius 2 is 2.00 bits per heavy atom. The summed E-state index contributed by atoms with van der Waals surface area (Å²) >= 11 is 0. The van der Waals surface area contributed by atoms with Gasteiger partial charge in [-0.15, -0.1) is 0 Å². The van der Waals surface area contributed by atoms with Gasteiger partial charge in [0.1, 0.15) is 0 Å². The fraction of sp³-hybridized carbons (Fsp3) is 1.00. The Kier molecular flexibility index (Phi) is 8.64. The van der Waals surface area contributed by atoms with Crippen LogP contribution in [0.1, 0.15) is 52.4 Å². The molecule has 0 saturated heterocycles. The van der Waals surface area contributed by atoms with E-state index in [4.69, 9.17) is 4.74 Å². The summed E-state index contributed by atoms with van der Waals surface area (Å²) in [5.74, 6) is 1.39. The molecule has 0 heterocycles. The summed E-state index contributed by atoms with van der Waals surface area (Å²) < 4.78 is 5.51. The summed E-state index contributed by atoms with van der Waals surface area (Å²) in [5.41, 5.74) is 0. The predicted octanol–water partition coefficient (Wildman–Crippen LogP) is 2.58. The molecule has 1 fully saturated rings. The quantitative estimate of drug-likeness (QED) is 0.591. The van der Waals surface area contributed by atoms with Gasteiger partial charge in [0, 0.05) is 19.8 Å². The number of rotatable bonds is 10. The molecule has 3 heteroatoms. The summed E-state index contributed by atoms with van der Waals surface area (Å²) in [7, 11) is 0. The molecule has 3 nitrogen and oxygen atoms in total. The zero-order chi connectivity index (χ0) is 13.2. The Labute approximate surface area is 112 Å².